The van der Waals surface area contributed by atoms with E-state index in [1.807, 2.05) is 25.1 Å². The summed E-state index contributed by atoms with van der Waals surface area (Å²) in [5, 5.41) is 9.77. The average molecular weight is 320 g/mol. The van der Waals surface area contributed by atoms with Crippen LogP contribution in [0.2, 0.25) is 0 Å². The molecule has 2 aromatic rings. The summed E-state index contributed by atoms with van der Waals surface area (Å²) in [5.74, 6) is 0.867. The monoisotopic (exact) mass is 319 g/mol. The molecule has 0 amide bonds. The quantitative estimate of drug-likeness (QED) is 0.860. The maximum absolute atomic E-state index is 9.77. The second kappa shape index (κ2) is 5.89. The fraction of sp³-hybridized carbons (Fsp3) is 0.133. The van der Waals surface area contributed by atoms with Gasteiger partial charge >= 0.3 is 0 Å². The van der Waals surface area contributed by atoms with E-state index in [4.69, 9.17) is 4.74 Å². The molecular formula is C15H14BrNO2. The van der Waals surface area contributed by atoms with Crippen LogP contribution in [0.1, 0.15) is 11.1 Å². The van der Waals surface area contributed by atoms with Gasteiger partial charge in [-0.25, -0.2) is 0 Å². The van der Waals surface area contributed by atoms with E-state index in [1.54, 1.807) is 31.5 Å². The second-order valence-corrected chi connectivity index (χ2v) is 5.03. The number of nitrogens with zero attached hydrogens (tertiary/aromatic N) is 1. The summed E-state index contributed by atoms with van der Waals surface area (Å²) in [6, 6.07) is 10.9. The fourth-order valence-corrected chi connectivity index (χ4v) is 2.14. The van der Waals surface area contributed by atoms with Gasteiger partial charge in [0.25, 0.3) is 0 Å². The molecule has 2 rings (SSSR count). The zero-order chi connectivity index (χ0) is 13.8. The maximum atomic E-state index is 9.77. The predicted octanol–water partition coefficient (Wildman–Crippen LogP) is 4.22. The third-order valence-corrected chi connectivity index (χ3v) is 3.23. The molecule has 0 atom stereocenters. The standard InChI is InChI=1S/C15H14BrNO2/c1-10-7-12(16)3-5-14(10)17-9-11-8-13(19-2)4-6-15(11)18/h3-9,18H,1-2H3. The zero-order valence-electron chi connectivity index (χ0n) is 10.7. The van der Waals surface area contributed by atoms with Crippen molar-refractivity contribution in [3.63, 3.8) is 0 Å². The summed E-state index contributed by atoms with van der Waals surface area (Å²) in [6.45, 7) is 1.99. The number of aromatic hydroxyl groups is 1. The Kier molecular flexibility index (Phi) is 4.22. The smallest absolute Gasteiger partial charge is 0.124 e. The predicted molar refractivity (Wildman–Crippen MR) is 80.8 cm³/mol. The van der Waals surface area contributed by atoms with Crippen LogP contribution in [0.15, 0.2) is 45.9 Å². The van der Waals surface area contributed by atoms with Crippen molar-refractivity contribution in [2.75, 3.05) is 7.11 Å². The second-order valence-electron chi connectivity index (χ2n) is 4.11. The van der Waals surface area contributed by atoms with Crippen molar-refractivity contribution in [1.82, 2.24) is 0 Å². The first kappa shape index (κ1) is 13.6. The highest BCUT2D eigenvalue weighted by molar-refractivity contribution is 9.10. The lowest BCUT2D eigenvalue weighted by Gasteiger charge is -2.04. The third-order valence-electron chi connectivity index (χ3n) is 2.74. The summed E-state index contributed by atoms with van der Waals surface area (Å²) < 4.78 is 6.14. The molecule has 0 aliphatic rings. The lowest BCUT2D eigenvalue weighted by atomic mass is 10.2. The van der Waals surface area contributed by atoms with Gasteiger partial charge in [-0.05, 0) is 48.9 Å². The maximum Gasteiger partial charge on any atom is 0.124 e. The molecule has 0 heterocycles. The Bertz CT molecular complexity index is 624. The van der Waals surface area contributed by atoms with Crippen LogP contribution in [0.25, 0.3) is 0 Å². The van der Waals surface area contributed by atoms with Crippen molar-refractivity contribution in [3.05, 3.63) is 52.0 Å². The number of aryl methyl sites for hydroxylation is 1. The third kappa shape index (κ3) is 3.35. The minimum atomic E-state index is 0.180. The lowest BCUT2D eigenvalue weighted by molar-refractivity contribution is 0.412. The number of hydrogen-bond acceptors (Lipinski definition) is 3. The van der Waals surface area contributed by atoms with Crippen molar-refractivity contribution < 1.29 is 9.84 Å². The molecule has 2 aromatic carbocycles. The number of aliphatic imine (C=N–C) groups is 1. The molecule has 0 fully saturated rings. The van der Waals surface area contributed by atoms with Crippen LogP contribution >= 0.6 is 15.9 Å². The zero-order valence-corrected chi connectivity index (χ0v) is 12.3. The molecule has 3 nitrogen and oxygen atoms in total. The number of ether oxygens (including phenoxy) is 1. The van der Waals surface area contributed by atoms with E-state index in [0.717, 1.165) is 15.7 Å². The van der Waals surface area contributed by atoms with Crippen LogP contribution in [0, 0.1) is 6.92 Å². The SMILES string of the molecule is COc1ccc(O)c(C=Nc2ccc(Br)cc2C)c1. The Balaban J connectivity index is 2.32. The normalized spacial score (nSPS) is 10.9. The molecule has 0 bridgehead atoms. The molecule has 0 spiro atoms. The molecule has 19 heavy (non-hydrogen) atoms. The number of hydrogen-bond donors (Lipinski definition) is 1. The van der Waals surface area contributed by atoms with E-state index in [9.17, 15) is 5.11 Å². The number of benzene rings is 2. The lowest BCUT2D eigenvalue weighted by Crippen LogP contribution is -1.87. The van der Waals surface area contributed by atoms with E-state index in [-0.39, 0.29) is 5.75 Å². The molecule has 0 radical (unpaired) electrons. The van der Waals surface area contributed by atoms with Gasteiger partial charge in [-0.2, -0.15) is 0 Å². The molecule has 98 valence electrons. The average Bonchev–Trinajstić information content (AvgIpc) is 2.39. The van der Waals surface area contributed by atoms with Crippen molar-refractivity contribution in [3.8, 4) is 11.5 Å². The highest BCUT2D eigenvalue weighted by atomic mass is 79.9. The number of phenolic OH excluding ortho intramolecular Hbond substituents is 1. The summed E-state index contributed by atoms with van der Waals surface area (Å²) >= 11 is 3.41. The first-order valence-corrected chi connectivity index (χ1v) is 6.56. The van der Waals surface area contributed by atoms with Gasteiger partial charge in [-0.1, -0.05) is 15.9 Å². The topological polar surface area (TPSA) is 41.8 Å². The van der Waals surface area contributed by atoms with Crippen LogP contribution in [0.5, 0.6) is 11.5 Å². The molecule has 0 saturated carbocycles. The number of methoxy groups -OCH3 is 1. The van der Waals surface area contributed by atoms with E-state index in [1.165, 1.54) is 0 Å². The number of halogens is 1. The fourth-order valence-electron chi connectivity index (χ4n) is 1.67. The highest BCUT2D eigenvalue weighted by Crippen LogP contribution is 2.25. The molecule has 0 unspecified atom stereocenters. The minimum absolute atomic E-state index is 0.180. The Morgan fingerprint density at radius 2 is 2.00 bits per heavy atom. The Hall–Kier alpha value is -1.81. The van der Waals surface area contributed by atoms with Crippen molar-refractivity contribution >= 4 is 27.8 Å². The van der Waals surface area contributed by atoms with Gasteiger partial charge in [-0.15, -0.1) is 0 Å². The van der Waals surface area contributed by atoms with Gasteiger partial charge in [0.05, 0.1) is 12.8 Å². The van der Waals surface area contributed by atoms with Crippen molar-refractivity contribution in [2.45, 2.75) is 6.92 Å². The first-order valence-electron chi connectivity index (χ1n) is 5.77. The van der Waals surface area contributed by atoms with Crippen LogP contribution in [-0.2, 0) is 0 Å². The molecule has 4 heteroatoms. The van der Waals surface area contributed by atoms with Crippen molar-refractivity contribution in [2.24, 2.45) is 4.99 Å². The molecular weight excluding hydrogens is 306 g/mol. The minimum Gasteiger partial charge on any atom is -0.507 e. The summed E-state index contributed by atoms with van der Waals surface area (Å²) in [7, 11) is 1.59. The van der Waals surface area contributed by atoms with Gasteiger partial charge < -0.3 is 9.84 Å². The molecule has 1 N–H and O–H groups in total. The highest BCUT2D eigenvalue weighted by Gasteiger charge is 2.01. The number of phenols is 1. The Labute approximate surface area is 120 Å². The molecule has 0 aromatic heterocycles. The van der Waals surface area contributed by atoms with Gasteiger partial charge in [0.2, 0.25) is 0 Å². The molecule has 0 aliphatic heterocycles. The van der Waals surface area contributed by atoms with E-state index >= 15 is 0 Å². The Morgan fingerprint density at radius 3 is 2.68 bits per heavy atom. The summed E-state index contributed by atoms with van der Waals surface area (Å²) in [6.07, 6.45) is 1.63. The van der Waals surface area contributed by atoms with Gasteiger partial charge in [0, 0.05) is 16.3 Å². The molecule has 0 saturated heterocycles. The summed E-state index contributed by atoms with van der Waals surface area (Å²) in [4.78, 5) is 4.39. The van der Waals surface area contributed by atoms with Crippen LogP contribution in [0.4, 0.5) is 5.69 Å². The van der Waals surface area contributed by atoms with E-state index < -0.39 is 0 Å². The molecule has 0 aliphatic carbocycles. The van der Waals surface area contributed by atoms with Crippen LogP contribution in [0.3, 0.4) is 0 Å². The van der Waals surface area contributed by atoms with Gasteiger partial charge in [0.15, 0.2) is 0 Å². The largest absolute Gasteiger partial charge is 0.507 e. The first-order chi connectivity index (χ1) is 9.10. The number of rotatable bonds is 3. The van der Waals surface area contributed by atoms with Gasteiger partial charge in [0.1, 0.15) is 11.5 Å². The van der Waals surface area contributed by atoms with Crippen LogP contribution < -0.4 is 4.74 Å². The van der Waals surface area contributed by atoms with Crippen molar-refractivity contribution in [1.29, 1.82) is 0 Å². The Morgan fingerprint density at radius 1 is 1.21 bits per heavy atom. The van der Waals surface area contributed by atoms with Crippen LogP contribution in [-0.4, -0.2) is 18.4 Å². The van der Waals surface area contributed by atoms with Gasteiger partial charge in [-0.3, -0.25) is 4.99 Å². The summed E-state index contributed by atoms with van der Waals surface area (Å²) in [5.41, 5.74) is 2.56. The van der Waals surface area contributed by atoms with E-state index in [2.05, 4.69) is 20.9 Å². The van der Waals surface area contributed by atoms with E-state index in [0.29, 0.717) is 11.3 Å².